The summed E-state index contributed by atoms with van der Waals surface area (Å²) in [5, 5.41) is 3.45. The Bertz CT molecular complexity index is 1490. The second-order valence-corrected chi connectivity index (χ2v) is 11.8. The maximum absolute atomic E-state index is 13.6. The molecule has 34 heavy (non-hydrogen) atoms. The van der Waals surface area contributed by atoms with E-state index >= 15 is 0 Å². The number of benzene rings is 1. The van der Waals surface area contributed by atoms with Crippen LogP contribution in [0.4, 0.5) is 0 Å². The first-order valence-corrected chi connectivity index (χ1v) is 13.4. The first-order chi connectivity index (χ1) is 16.6. The number of aromatic nitrogens is 3. The largest absolute Gasteiger partial charge is 0.494 e. The minimum Gasteiger partial charge on any atom is -0.494 e. The Labute approximate surface area is 202 Å². The average molecular weight is 473 g/mol. The Morgan fingerprint density at radius 2 is 2.09 bits per heavy atom. The highest BCUT2D eigenvalue weighted by Crippen LogP contribution is 2.60. The average Bonchev–Trinajstić information content (AvgIpc) is 3.28. The number of amides is 1. The third-order valence-corrected chi connectivity index (χ3v) is 10.00. The first-order valence-electron chi connectivity index (χ1n) is 12.5. The van der Waals surface area contributed by atoms with E-state index in [1.165, 1.54) is 35.9 Å². The molecule has 1 aliphatic heterocycles. The zero-order valence-electron chi connectivity index (χ0n) is 19.5. The summed E-state index contributed by atoms with van der Waals surface area (Å²) in [7, 11) is 3.75. The standard InChI is InChI=1S/C27H28N4O2S/c1-29-24-19(28-25(29)21-9-15-5-6-34-27(15)31(21)12-14-3-4-14)8-17(11-22(24)33-2)26(32)30-13-18-7-16-10-20(30)23(16)18/h5-6,8-9,11,14,16,18,20,23H,3-4,7,10,12-13H2,1-2H3/t16?,18-,20-,23-/m1/s1. The Kier molecular flexibility index (Phi) is 3.82. The SMILES string of the molecule is COc1cc(C(=O)N2C[C@H]3CC4C[C@@H]2[C@H]43)cc2nc(-c3cc4ccsc4n3CC3CC3)n(C)c12. The van der Waals surface area contributed by atoms with Gasteiger partial charge in [-0.15, -0.1) is 11.3 Å². The molecule has 4 heterocycles. The molecule has 1 saturated heterocycles. The summed E-state index contributed by atoms with van der Waals surface area (Å²) in [6, 6.07) is 8.82. The summed E-state index contributed by atoms with van der Waals surface area (Å²) in [6.07, 6.45) is 5.13. The third-order valence-electron chi connectivity index (χ3n) is 9.05. The van der Waals surface area contributed by atoms with Crippen molar-refractivity contribution in [1.29, 1.82) is 0 Å². The fourth-order valence-corrected chi connectivity index (χ4v) is 7.99. The van der Waals surface area contributed by atoms with E-state index in [2.05, 4.69) is 38.6 Å². The lowest BCUT2D eigenvalue weighted by atomic mass is 9.53. The van der Waals surface area contributed by atoms with Gasteiger partial charge in [-0.05, 0) is 79.0 Å². The van der Waals surface area contributed by atoms with Crippen molar-refractivity contribution in [3.05, 3.63) is 35.2 Å². The van der Waals surface area contributed by atoms with Crippen LogP contribution in [0.5, 0.6) is 5.75 Å². The zero-order chi connectivity index (χ0) is 22.7. The Morgan fingerprint density at radius 1 is 1.21 bits per heavy atom. The summed E-state index contributed by atoms with van der Waals surface area (Å²) in [5.74, 6) is 4.94. The van der Waals surface area contributed by atoms with Gasteiger partial charge in [0.05, 0.1) is 18.3 Å². The number of rotatable bonds is 5. The molecule has 8 rings (SSSR count). The molecule has 0 radical (unpaired) electrons. The predicted octanol–water partition coefficient (Wildman–Crippen LogP) is 5.16. The molecular formula is C27H28N4O2S. The van der Waals surface area contributed by atoms with Crippen LogP contribution in [0.15, 0.2) is 29.6 Å². The summed E-state index contributed by atoms with van der Waals surface area (Å²) >= 11 is 1.80. The molecule has 4 aromatic rings. The third kappa shape index (κ3) is 2.51. The van der Waals surface area contributed by atoms with E-state index in [0.717, 1.165) is 65.1 Å². The van der Waals surface area contributed by atoms with Gasteiger partial charge in [0.1, 0.15) is 16.1 Å². The van der Waals surface area contributed by atoms with Gasteiger partial charge in [-0.25, -0.2) is 4.98 Å². The minimum atomic E-state index is 0.142. The molecule has 6 nitrogen and oxygen atoms in total. The molecule has 4 aliphatic rings. The summed E-state index contributed by atoms with van der Waals surface area (Å²) in [5.41, 5.74) is 3.63. The second-order valence-electron chi connectivity index (χ2n) is 10.9. The van der Waals surface area contributed by atoms with Gasteiger partial charge in [-0.2, -0.15) is 0 Å². The Morgan fingerprint density at radius 3 is 2.85 bits per heavy atom. The zero-order valence-corrected chi connectivity index (χ0v) is 20.3. The van der Waals surface area contributed by atoms with Crippen LogP contribution >= 0.6 is 11.3 Å². The van der Waals surface area contributed by atoms with Gasteiger partial charge < -0.3 is 18.8 Å². The smallest absolute Gasteiger partial charge is 0.254 e. The van der Waals surface area contributed by atoms with Crippen LogP contribution in [0.25, 0.3) is 32.8 Å². The van der Waals surface area contributed by atoms with Gasteiger partial charge in [0.2, 0.25) is 0 Å². The number of hydrogen-bond acceptors (Lipinski definition) is 4. The molecule has 1 unspecified atom stereocenters. The van der Waals surface area contributed by atoms with Gasteiger partial charge >= 0.3 is 0 Å². The molecule has 3 saturated carbocycles. The van der Waals surface area contributed by atoms with E-state index in [9.17, 15) is 4.79 Å². The van der Waals surface area contributed by atoms with E-state index < -0.39 is 0 Å². The van der Waals surface area contributed by atoms with Gasteiger partial charge in [-0.1, -0.05) is 0 Å². The molecular weight excluding hydrogens is 444 g/mol. The van der Waals surface area contributed by atoms with Gasteiger partial charge in [0, 0.05) is 37.1 Å². The molecule has 0 spiro atoms. The van der Waals surface area contributed by atoms with Crippen LogP contribution in [-0.4, -0.2) is 44.6 Å². The molecule has 174 valence electrons. The number of likely N-dealkylation sites (tertiary alicyclic amines) is 1. The maximum atomic E-state index is 13.6. The van der Waals surface area contributed by atoms with E-state index in [1.807, 2.05) is 12.1 Å². The molecule has 0 bridgehead atoms. The first kappa shape index (κ1) is 19.5. The van der Waals surface area contributed by atoms with Crippen LogP contribution in [-0.2, 0) is 13.6 Å². The molecule has 4 atom stereocenters. The fourth-order valence-electron chi connectivity index (χ4n) is 7.08. The number of carbonyl (C=O) groups excluding carboxylic acids is 1. The Balaban J connectivity index is 1.24. The number of carbonyl (C=O) groups is 1. The molecule has 1 aromatic carbocycles. The van der Waals surface area contributed by atoms with Crippen LogP contribution in [0, 0.1) is 23.7 Å². The number of methoxy groups -OCH3 is 1. The van der Waals surface area contributed by atoms with Crippen LogP contribution < -0.4 is 4.74 Å². The normalized spacial score (nSPS) is 27.2. The van der Waals surface area contributed by atoms with Crippen molar-refractivity contribution in [2.45, 2.75) is 38.3 Å². The second kappa shape index (κ2) is 6.66. The molecule has 0 N–H and O–H groups in total. The van der Waals surface area contributed by atoms with Crippen molar-refractivity contribution in [2.24, 2.45) is 30.7 Å². The van der Waals surface area contributed by atoms with Crippen LogP contribution in [0.1, 0.15) is 36.0 Å². The number of thiophene rings is 1. The number of aryl methyl sites for hydroxylation is 1. The highest BCUT2D eigenvalue weighted by atomic mass is 32.1. The minimum absolute atomic E-state index is 0.142. The van der Waals surface area contributed by atoms with Crippen molar-refractivity contribution in [2.75, 3.05) is 13.7 Å². The van der Waals surface area contributed by atoms with E-state index in [4.69, 9.17) is 9.72 Å². The lowest BCUT2D eigenvalue weighted by Crippen LogP contribution is -2.53. The number of nitrogens with zero attached hydrogens (tertiary/aromatic N) is 4. The summed E-state index contributed by atoms with van der Waals surface area (Å²) in [4.78, 5) is 22.1. The quantitative estimate of drug-likeness (QED) is 0.403. The number of imidazole rings is 1. The van der Waals surface area contributed by atoms with Crippen molar-refractivity contribution in [3.8, 4) is 17.3 Å². The highest BCUT2D eigenvalue weighted by molar-refractivity contribution is 7.16. The molecule has 7 heteroatoms. The lowest BCUT2D eigenvalue weighted by molar-refractivity contribution is -0.0204. The van der Waals surface area contributed by atoms with Gasteiger partial charge in [0.25, 0.3) is 5.91 Å². The van der Waals surface area contributed by atoms with Gasteiger partial charge in [0.15, 0.2) is 5.82 Å². The van der Waals surface area contributed by atoms with Crippen molar-refractivity contribution in [3.63, 3.8) is 0 Å². The van der Waals surface area contributed by atoms with E-state index in [-0.39, 0.29) is 5.91 Å². The van der Waals surface area contributed by atoms with Crippen molar-refractivity contribution < 1.29 is 9.53 Å². The molecule has 1 amide bonds. The van der Waals surface area contributed by atoms with E-state index in [0.29, 0.717) is 11.6 Å². The summed E-state index contributed by atoms with van der Waals surface area (Å²) < 4.78 is 10.4. The number of ether oxygens (including phenoxy) is 1. The van der Waals surface area contributed by atoms with Crippen LogP contribution in [0.3, 0.4) is 0 Å². The Hall–Kier alpha value is -2.80. The topological polar surface area (TPSA) is 52.3 Å². The van der Waals surface area contributed by atoms with Crippen molar-refractivity contribution in [1.82, 2.24) is 19.0 Å². The van der Waals surface area contributed by atoms with Crippen molar-refractivity contribution >= 4 is 38.5 Å². The van der Waals surface area contributed by atoms with Crippen LogP contribution in [0.2, 0.25) is 0 Å². The molecule has 4 fully saturated rings. The maximum Gasteiger partial charge on any atom is 0.254 e. The van der Waals surface area contributed by atoms with E-state index in [1.54, 1.807) is 18.4 Å². The predicted molar refractivity (Wildman–Crippen MR) is 133 cm³/mol. The van der Waals surface area contributed by atoms with Gasteiger partial charge in [-0.3, -0.25) is 4.79 Å². The molecule has 3 aromatic heterocycles. The summed E-state index contributed by atoms with van der Waals surface area (Å²) in [6.45, 7) is 1.97. The fraction of sp³-hybridized carbons (Fsp3) is 0.481. The monoisotopic (exact) mass is 472 g/mol. The highest BCUT2D eigenvalue weighted by Gasteiger charge is 2.61. The number of hydrogen-bond donors (Lipinski definition) is 0. The number of fused-ring (bicyclic) bond motifs is 2. The lowest BCUT2D eigenvalue weighted by Gasteiger charge is -2.52. The molecule has 3 aliphatic carbocycles.